The van der Waals surface area contributed by atoms with Gasteiger partial charge in [-0.1, -0.05) is 6.92 Å². The smallest absolute Gasteiger partial charge is 0.227 e. The minimum Gasteiger partial charge on any atom is -0.327 e. The molecule has 0 fully saturated rings. The van der Waals surface area contributed by atoms with Crippen LogP contribution in [-0.2, 0) is 11.2 Å². The average molecular weight is 196 g/mol. The number of nitrogens with zero attached hydrogens (tertiary/aromatic N) is 1. The predicted octanol–water partition coefficient (Wildman–Crippen LogP) is 0.648. The molecule has 0 aliphatic carbocycles. The summed E-state index contributed by atoms with van der Waals surface area (Å²) in [6.45, 7) is 3.81. The van der Waals surface area contributed by atoms with Crippen LogP contribution < -0.4 is 11.1 Å². The van der Waals surface area contributed by atoms with Crippen LogP contribution in [0.4, 0.5) is 5.82 Å². The maximum Gasteiger partial charge on any atom is 0.227 e. The third-order valence-electron chi connectivity index (χ3n) is 1.79. The number of H-pyrrole nitrogens is 1. The monoisotopic (exact) mass is 196 g/mol. The van der Waals surface area contributed by atoms with Gasteiger partial charge >= 0.3 is 0 Å². The topological polar surface area (TPSA) is 83.8 Å². The highest BCUT2D eigenvalue weighted by atomic mass is 16.1. The Labute approximate surface area is 83.1 Å². The number of hydrogen-bond donors (Lipinski definition) is 3. The maximum absolute atomic E-state index is 11.3. The molecule has 5 nitrogen and oxygen atoms in total. The first-order valence-corrected chi connectivity index (χ1v) is 4.71. The molecule has 0 aliphatic rings. The molecule has 0 radical (unpaired) electrons. The fourth-order valence-corrected chi connectivity index (χ4v) is 1.09. The van der Waals surface area contributed by atoms with E-state index in [4.69, 9.17) is 5.73 Å². The number of carbonyl (C=O) groups is 1. The van der Waals surface area contributed by atoms with E-state index in [9.17, 15) is 4.79 Å². The third kappa shape index (κ3) is 3.18. The molecule has 0 aromatic carbocycles. The van der Waals surface area contributed by atoms with Gasteiger partial charge in [0.05, 0.1) is 0 Å². The number of carbonyl (C=O) groups excluding carboxylic acids is 1. The predicted molar refractivity (Wildman–Crippen MR) is 54.9 cm³/mol. The van der Waals surface area contributed by atoms with E-state index in [0.29, 0.717) is 12.2 Å². The molecule has 1 atom stereocenters. The number of amides is 1. The van der Waals surface area contributed by atoms with Crippen molar-refractivity contribution in [1.82, 2.24) is 10.2 Å². The van der Waals surface area contributed by atoms with Gasteiger partial charge < -0.3 is 11.1 Å². The van der Waals surface area contributed by atoms with Gasteiger partial charge in [-0.3, -0.25) is 9.89 Å². The lowest BCUT2D eigenvalue weighted by molar-refractivity contribution is -0.116. The molecule has 1 aromatic rings. The summed E-state index contributed by atoms with van der Waals surface area (Å²) in [6, 6.07) is 1.69. The number of hydrogen-bond acceptors (Lipinski definition) is 3. The molecule has 0 spiro atoms. The zero-order valence-corrected chi connectivity index (χ0v) is 8.50. The SMILES string of the molecule is CCc1cc(NC(=O)CC(C)N)n[nH]1. The van der Waals surface area contributed by atoms with E-state index in [0.717, 1.165) is 12.1 Å². The Kier molecular flexibility index (Phi) is 3.64. The molecule has 5 heteroatoms. The van der Waals surface area contributed by atoms with E-state index in [-0.39, 0.29) is 11.9 Å². The van der Waals surface area contributed by atoms with Gasteiger partial charge in [0.15, 0.2) is 5.82 Å². The van der Waals surface area contributed by atoms with E-state index in [1.54, 1.807) is 6.92 Å². The van der Waals surface area contributed by atoms with E-state index >= 15 is 0 Å². The van der Waals surface area contributed by atoms with Crippen molar-refractivity contribution in [3.8, 4) is 0 Å². The average Bonchev–Trinajstić information content (AvgIpc) is 2.50. The van der Waals surface area contributed by atoms with Crippen LogP contribution >= 0.6 is 0 Å². The van der Waals surface area contributed by atoms with Gasteiger partial charge in [-0.15, -0.1) is 0 Å². The Morgan fingerprint density at radius 1 is 1.79 bits per heavy atom. The normalized spacial score (nSPS) is 12.5. The first kappa shape index (κ1) is 10.7. The highest BCUT2D eigenvalue weighted by Crippen LogP contribution is 2.06. The summed E-state index contributed by atoms with van der Waals surface area (Å²) in [5, 5.41) is 9.42. The van der Waals surface area contributed by atoms with Crippen molar-refractivity contribution < 1.29 is 4.79 Å². The first-order valence-electron chi connectivity index (χ1n) is 4.71. The fourth-order valence-electron chi connectivity index (χ4n) is 1.09. The van der Waals surface area contributed by atoms with Crippen molar-refractivity contribution in [2.24, 2.45) is 5.73 Å². The molecule has 78 valence electrons. The van der Waals surface area contributed by atoms with Crippen LogP contribution in [0, 0.1) is 0 Å². The largest absolute Gasteiger partial charge is 0.327 e. The molecule has 0 aliphatic heterocycles. The molecule has 0 saturated heterocycles. The minimum atomic E-state index is -0.125. The van der Waals surface area contributed by atoms with Gasteiger partial charge in [0.25, 0.3) is 0 Å². The maximum atomic E-state index is 11.3. The second-order valence-electron chi connectivity index (χ2n) is 3.36. The molecule has 0 saturated carbocycles. The van der Waals surface area contributed by atoms with Crippen LogP contribution in [0.5, 0.6) is 0 Å². The number of aromatic nitrogens is 2. The molecular weight excluding hydrogens is 180 g/mol. The number of aromatic amines is 1. The van der Waals surface area contributed by atoms with Crippen LogP contribution in [0.2, 0.25) is 0 Å². The highest BCUT2D eigenvalue weighted by Gasteiger charge is 2.07. The molecule has 0 bridgehead atoms. The highest BCUT2D eigenvalue weighted by molar-refractivity contribution is 5.90. The molecule has 1 heterocycles. The lowest BCUT2D eigenvalue weighted by Gasteiger charge is -2.03. The summed E-state index contributed by atoms with van der Waals surface area (Å²) in [6.07, 6.45) is 1.19. The molecule has 1 unspecified atom stereocenters. The van der Waals surface area contributed by atoms with Crippen molar-refractivity contribution >= 4 is 11.7 Å². The zero-order valence-electron chi connectivity index (χ0n) is 8.50. The number of nitrogens with one attached hydrogen (secondary N) is 2. The van der Waals surface area contributed by atoms with Crippen molar-refractivity contribution in [1.29, 1.82) is 0 Å². The van der Waals surface area contributed by atoms with Crippen LogP contribution in [0.1, 0.15) is 26.0 Å². The molecule has 1 amide bonds. The number of anilines is 1. The van der Waals surface area contributed by atoms with Crippen molar-refractivity contribution in [2.45, 2.75) is 32.7 Å². The zero-order chi connectivity index (χ0) is 10.6. The Hall–Kier alpha value is -1.36. The molecule has 4 N–H and O–H groups in total. The van der Waals surface area contributed by atoms with Gasteiger partial charge in [0.1, 0.15) is 0 Å². The summed E-state index contributed by atoms with van der Waals surface area (Å²) >= 11 is 0. The van der Waals surface area contributed by atoms with Gasteiger partial charge in [-0.05, 0) is 13.3 Å². The standard InChI is InChI=1S/C9H16N4O/c1-3-7-5-8(13-12-7)11-9(14)4-6(2)10/h5-6H,3-4,10H2,1-2H3,(H2,11,12,13,14). The van der Waals surface area contributed by atoms with Crippen molar-refractivity contribution in [3.05, 3.63) is 11.8 Å². The second-order valence-corrected chi connectivity index (χ2v) is 3.36. The Bertz CT molecular complexity index is 306. The summed E-state index contributed by atoms with van der Waals surface area (Å²) in [5.41, 5.74) is 6.49. The Morgan fingerprint density at radius 3 is 3.00 bits per heavy atom. The van der Waals surface area contributed by atoms with E-state index < -0.39 is 0 Å². The molecule has 1 aromatic heterocycles. The molecule has 1 rings (SSSR count). The number of nitrogens with two attached hydrogens (primary N) is 1. The number of rotatable bonds is 4. The van der Waals surface area contributed by atoms with Gasteiger partial charge in [-0.25, -0.2) is 0 Å². The lowest BCUT2D eigenvalue weighted by atomic mass is 10.2. The minimum absolute atomic E-state index is 0.103. The third-order valence-corrected chi connectivity index (χ3v) is 1.79. The van der Waals surface area contributed by atoms with Crippen molar-refractivity contribution in [2.75, 3.05) is 5.32 Å². The summed E-state index contributed by atoms with van der Waals surface area (Å²) in [4.78, 5) is 11.3. The van der Waals surface area contributed by atoms with E-state index in [2.05, 4.69) is 15.5 Å². The van der Waals surface area contributed by atoms with Crippen LogP contribution in [0.15, 0.2) is 6.07 Å². The molecular formula is C9H16N4O. The summed E-state index contributed by atoms with van der Waals surface area (Å²) in [5.74, 6) is 0.460. The summed E-state index contributed by atoms with van der Waals surface area (Å²) in [7, 11) is 0. The Morgan fingerprint density at radius 2 is 2.50 bits per heavy atom. The number of aryl methyl sites for hydroxylation is 1. The van der Waals surface area contributed by atoms with E-state index in [1.165, 1.54) is 0 Å². The Balaban J connectivity index is 2.47. The summed E-state index contributed by atoms with van der Waals surface area (Å²) < 4.78 is 0. The van der Waals surface area contributed by atoms with E-state index in [1.807, 2.05) is 13.0 Å². The van der Waals surface area contributed by atoms with Gasteiger partial charge in [0.2, 0.25) is 5.91 Å². The first-order chi connectivity index (χ1) is 6.61. The molecule has 14 heavy (non-hydrogen) atoms. The van der Waals surface area contributed by atoms with Crippen molar-refractivity contribution in [3.63, 3.8) is 0 Å². The van der Waals surface area contributed by atoms with Crippen LogP contribution in [0.3, 0.4) is 0 Å². The lowest BCUT2D eigenvalue weighted by Crippen LogP contribution is -2.24. The second kappa shape index (κ2) is 4.76. The fraction of sp³-hybridized carbons (Fsp3) is 0.556. The van der Waals surface area contributed by atoms with Crippen LogP contribution in [-0.4, -0.2) is 22.1 Å². The van der Waals surface area contributed by atoms with Gasteiger partial charge in [-0.2, -0.15) is 5.10 Å². The quantitative estimate of drug-likeness (QED) is 0.661. The van der Waals surface area contributed by atoms with Gasteiger partial charge in [0, 0.05) is 24.2 Å². The van der Waals surface area contributed by atoms with Crippen LogP contribution in [0.25, 0.3) is 0 Å².